The second-order valence-electron chi connectivity index (χ2n) is 5.98. The standard InChI is InChI=1S/C16H23BrN2O2/c1-16(2,3)19-15(21)12-7-9-13(10-8-12)18-14(20)6-4-5-11-17/h7-10H,4-6,11H2,1-3H3,(H,18,20)(H,19,21). The highest BCUT2D eigenvalue weighted by molar-refractivity contribution is 9.09. The van der Waals surface area contributed by atoms with E-state index in [0.717, 1.165) is 18.2 Å². The summed E-state index contributed by atoms with van der Waals surface area (Å²) in [6.07, 6.45) is 2.36. The van der Waals surface area contributed by atoms with E-state index in [2.05, 4.69) is 26.6 Å². The van der Waals surface area contributed by atoms with Crippen molar-refractivity contribution in [3.8, 4) is 0 Å². The first-order valence-corrected chi connectivity index (χ1v) is 8.22. The van der Waals surface area contributed by atoms with Crippen LogP contribution in [0.5, 0.6) is 0 Å². The van der Waals surface area contributed by atoms with Gasteiger partial charge in [0.05, 0.1) is 0 Å². The molecule has 5 heteroatoms. The molecule has 1 aromatic carbocycles. The largest absolute Gasteiger partial charge is 0.347 e. The summed E-state index contributed by atoms with van der Waals surface area (Å²) < 4.78 is 0. The zero-order valence-corrected chi connectivity index (χ0v) is 14.4. The van der Waals surface area contributed by atoms with E-state index in [4.69, 9.17) is 0 Å². The van der Waals surface area contributed by atoms with Crippen LogP contribution in [0.15, 0.2) is 24.3 Å². The maximum Gasteiger partial charge on any atom is 0.251 e. The monoisotopic (exact) mass is 354 g/mol. The zero-order chi connectivity index (χ0) is 15.9. The number of alkyl halides is 1. The number of hydrogen-bond acceptors (Lipinski definition) is 2. The molecule has 2 N–H and O–H groups in total. The molecule has 0 aliphatic rings. The smallest absolute Gasteiger partial charge is 0.251 e. The van der Waals surface area contributed by atoms with E-state index >= 15 is 0 Å². The van der Waals surface area contributed by atoms with Gasteiger partial charge in [0, 0.05) is 28.5 Å². The van der Waals surface area contributed by atoms with E-state index < -0.39 is 0 Å². The van der Waals surface area contributed by atoms with Crippen molar-refractivity contribution >= 4 is 33.4 Å². The van der Waals surface area contributed by atoms with E-state index in [-0.39, 0.29) is 17.4 Å². The topological polar surface area (TPSA) is 58.2 Å². The number of halogens is 1. The Kier molecular flexibility index (Phi) is 6.89. The number of anilines is 1. The quantitative estimate of drug-likeness (QED) is 0.604. The van der Waals surface area contributed by atoms with Gasteiger partial charge in [-0.2, -0.15) is 0 Å². The molecule has 0 heterocycles. The van der Waals surface area contributed by atoms with Crippen LogP contribution in [0.3, 0.4) is 0 Å². The Labute approximate surface area is 134 Å². The van der Waals surface area contributed by atoms with Crippen molar-refractivity contribution < 1.29 is 9.59 Å². The van der Waals surface area contributed by atoms with Crippen LogP contribution in [0.4, 0.5) is 5.69 Å². The molecule has 1 aromatic rings. The van der Waals surface area contributed by atoms with Gasteiger partial charge in [0.2, 0.25) is 5.91 Å². The summed E-state index contributed by atoms with van der Waals surface area (Å²) in [6.45, 7) is 5.81. The Hall–Kier alpha value is -1.36. The predicted molar refractivity (Wildman–Crippen MR) is 89.9 cm³/mol. The molecule has 1 rings (SSSR count). The molecule has 0 spiro atoms. The molecule has 4 nitrogen and oxygen atoms in total. The van der Waals surface area contributed by atoms with Crippen LogP contribution in [0.1, 0.15) is 50.4 Å². The molecule has 21 heavy (non-hydrogen) atoms. The average molecular weight is 355 g/mol. The molecule has 2 amide bonds. The first kappa shape index (κ1) is 17.7. The molecule has 0 saturated heterocycles. The number of hydrogen-bond donors (Lipinski definition) is 2. The summed E-state index contributed by atoms with van der Waals surface area (Å²) in [7, 11) is 0. The summed E-state index contributed by atoms with van der Waals surface area (Å²) in [5, 5.41) is 6.64. The third kappa shape index (κ3) is 7.27. The number of amides is 2. The van der Waals surface area contributed by atoms with E-state index in [1.165, 1.54) is 0 Å². The molecule has 116 valence electrons. The number of unbranched alkanes of at least 4 members (excludes halogenated alkanes) is 1. The summed E-state index contributed by atoms with van der Waals surface area (Å²) in [6, 6.07) is 6.93. The lowest BCUT2D eigenvalue weighted by molar-refractivity contribution is -0.116. The van der Waals surface area contributed by atoms with Crippen LogP contribution in [-0.4, -0.2) is 22.7 Å². The fourth-order valence-electron chi connectivity index (χ4n) is 1.72. The highest BCUT2D eigenvalue weighted by Gasteiger charge is 2.15. The van der Waals surface area contributed by atoms with Crippen molar-refractivity contribution in [1.82, 2.24) is 5.32 Å². The predicted octanol–water partition coefficient (Wildman–Crippen LogP) is 3.72. The number of carbonyl (C=O) groups excluding carboxylic acids is 2. The molecule has 0 aliphatic carbocycles. The van der Waals surface area contributed by atoms with Crippen molar-refractivity contribution in [3.05, 3.63) is 29.8 Å². The van der Waals surface area contributed by atoms with E-state index in [0.29, 0.717) is 17.7 Å². The molecule has 0 radical (unpaired) electrons. The van der Waals surface area contributed by atoms with Gasteiger partial charge in [0.1, 0.15) is 0 Å². The number of rotatable bonds is 6. The lowest BCUT2D eigenvalue weighted by atomic mass is 10.1. The van der Waals surface area contributed by atoms with Crippen LogP contribution in [-0.2, 0) is 4.79 Å². The summed E-state index contributed by atoms with van der Waals surface area (Å²) in [5.41, 5.74) is 1.03. The molecule has 0 fully saturated rings. The third-order valence-corrected chi connectivity index (χ3v) is 3.27. The maximum absolute atomic E-state index is 12.0. The number of nitrogens with one attached hydrogen (secondary N) is 2. The normalized spacial score (nSPS) is 11.0. The van der Waals surface area contributed by atoms with E-state index in [1.807, 2.05) is 20.8 Å². The van der Waals surface area contributed by atoms with Crippen LogP contribution in [0, 0.1) is 0 Å². The van der Waals surface area contributed by atoms with Crippen molar-refractivity contribution in [2.75, 3.05) is 10.6 Å². The van der Waals surface area contributed by atoms with Crippen LogP contribution < -0.4 is 10.6 Å². The fourth-order valence-corrected chi connectivity index (χ4v) is 2.12. The Morgan fingerprint density at radius 3 is 2.24 bits per heavy atom. The third-order valence-electron chi connectivity index (χ3n) is 2.71. The van der Waals surface area contributed by atoms with Gasteiger partial charge >= 0.3 is 0 Å². The van der Waals surface area contributed by atoms with Gasteiger partial charge in [-0.3, -0.25) is 9.59 Å². The molecule has 0 atom stereocenters. The molecule has 0 aliphatic heterocycles. The van der Waals surface area contributed by atoms with Crippen LogP contribution in [0.2, 0.25) is 0 Å². The average Bonchev–Trinajstić information content (AvgIpc) is 2.38. The lowest BCUT2D eigenvalue weighted by Gasteiger charge is -2.20. The maximum atomic E-state index is 12.0. The van der Waals surface area contributed by atoms with Gasteiger partial charge in [0.15, 0.2) is 0 Å². The van der Waals surface area contributed by atoms with Gasteiger partial charge in [-0.15, -0.1) is 0 Å². The second kappa shape index (κ2) is 8.17. The van der Waals surface area contributed by atoms with Crippen molar-refractivity contribution in [2.24, 2.45) is 0 Å². The Bertz CT molecular complexity index is 478. The van der Waals surface area contributed by atoms with Gasteiger partial charge in [0.25, 0.3) is 5.91 Å². The Balaban J connectivity index is 2.54. The fraction of sp³-hybridized carbons (Fsp3) is 0.500. The summed E-state index contributed by atoms with van der Waals surface area (Å²) in [5.74, 6) is -0.111. The SMILES string of the molecule is CC(C)(C)NC(=O)c1ccc(NC(=O)CCCCBr)cc1. The minimum Gasteiger partial charge on any atom is -0.347 e. The minimum absolute atomic E-state index is 0.00263. The second-order valence-corrected chi connectivity index (χ2v) is 6.77. The molecule has 0 unspecified atom stereocenters. The van der Waals surface area contributed by atoms with E-state index in [9.17, 15) is 9.59 Å². The molecular weight excluding hydrogens is 332 g/mol. The summed E-state index contributed by atoms with van der Waals surface area (Å²) >= 11 is 3.34. The lowest BCUT2D eigenvalue weighted by Crippen LogP contribution is -2.40. The highest BCUT2D eigenvalue weighted by atomic mass is 79.9. The number of benzene rings is 1. The molecule has 0 bridgehead atoms. The van der Waals surface area contributed by atoms with E-state index in [1.54, 1.807) is 24.3 Å². The molecule has 0 aromatic heterocycles. The van der Waals surface area contributed by atoms with Crippen LogP contribution in [0.25, 0.3) is 0 Å². The number of carbonyl (C=O) groups is 2. The van der Waals surface area contributed by atoms with Gasteiger partial charge in [-0.1, -0.05) is 15.9 Å². The van der Waals surface area contributed by atoms with Crippen molar-refractivity contribution in [3.63, 3.8) is 0 Å². The minimum atomic E-state index is -0.264. The Morgan fingerprint density at radius 2 is 1.71 bits per heavy atom. The van der Waals surface area contributed by atoms with Crippen molar-refractivity contribution in [2.45, 2.75) is 45.6 Å². The highest BCUT2D eigenvalue weighted by Crippen LogP contribution is 2.12. The molecule has 0 saturated carbocycles. The zero-order valence-electron chi connectivity index (χ0n) is 12.8. The van der Waals surface area contributed by atoms with Gasteiger partial charge in [-0.05, 0) is 57.9 Å². The van der Waals surface area contributed by atoms with Crippen molar-refractivity contribution in [1.29, 1.82) is 0 Å². The van der Waals surface area contributed by atoms with Gasteiger partial charge in [-0.25, -0.2) is 0 Å². The Morgan fingerprint density at radius 1 is 1.10 bits per heavy atom. The summed E-state index contributed by atoms with van der Waals surface area (Å²) in [4.78, 5) is 23.7. The van der Waals surface area contributed by atoms with Gasteiger partial charge < -0.3 is 10.6 Å². The van der Waals surface area contributed by atoms with Crippen LogP contribution >= 0.6 is 15.9 Å². The first-order valence-electron chi connectivity index (χ1n) is 7.10. The first-order chi connectivity index (χ1) is 9.81. The molecular formula is C16H23BrN2O2.